The number of hydrogen-bond acceptors (Lipinski definition) is 6. The van der Waals surface area contributed by atoms with Gasteiger partial charge in [-0.25, -0.2) is 0 Å². The molecule has 0 radical (unpaired) electrons. The van der Waals surface area contributed by atoms with Crippen LogP contribution in [0.2, 0.25) is 0 Å². The van der Waals surface area contributed by atoms with Crippen molar-refractivity contribution in [2.24, 2.45) is 0 Å². The molecule has 0 aromatic heterocycles. The van der Waals surface area contributed by atoms with Gasteiger partial charge >= 0.3 is 17.9 Å². The molecule has 0 aliphatic carbocycles. The molecule has 6 nitrogen and oxygen atoms in total. The second-order valence-electron chi connectivity index (χ2n) is 17.8. The SMILES string of the molecule is CCCCC=CCC=CCC=CCCCCCCC(=O)OCC(COC(=O)CCCCCCC=CCC=CCC=CCCCCC)OC(=O)CCCCCCC=CCC=CCC=CCCCC. The highest BCUT2D eigenvalue weighted by Gasteiger charge is 2.19. The first kappa shape index (κ1) is 63.1. The Balaban J connectivity index is 4.53. The van der Waals surface area contributed by atoms with Crippen molar-refractivity contribution in [3.63, 3.8) is 0 Å². The van der Waals surface area contributed by atoms with Crippen molar-refractivity contribution < 1.29 is 28.6 Å². The molecule has 0 amide bonds. The fraction of sp³-hybridized carbons (Fsp3) is 0.656. The van der Waals surface area contributed by atoms with Crippen molar-refractivity contribution in [1.82, 2.24) is 0 Å². The summed E-state index contributed by atoms with van der Waals surface area (Å²) in [6, 6.07) is 0. The molecule has 0 aromatic rings. The average molecular weight is 929 g/mol. The Hall–Kier alpha value is -3.93. The van der Waals surface area contributed by atoms with E-state index in [4.69, 9.17) is 14.2 Å². The van der Waals surface area contributed by atoms with E-state index >= 15 is 0 Å². The van der Waals surface area contributed by atoms with Gasteiger partial charge in [0.2, 0.25) is 0 Å². The van der Waals surface area contributed by atoms with Gasteiger partial charge in [-0.3, -0.25) is 14.4 Å². The highest BCUT2D eigenvalue weighted by molar-refractivity contribution is 5.71. The normalized spacial score (nSPS) is 12.9. The number of esters is 3. The van der Waals surface area contributed by atoms with E-state index in [-0.39, 0.29) is 37.5 Å². The molecule has 0 N–H and O–H groups in total. The molecule has 0 bridgehead atoms. The van der Waals surface area contributed by atoms with E-state index < -0.39 is 6.10 Å². The van der Waals surface area contributed by atoms with Gasteiger partial charge in [-0.05, 0) is 122 Å². The highest BCUT2D eigenvalue weighted by Crippen LogP contribution is 2.12. The highest BCUT2D eigenvalue weighted by atomic mass is 16.6. The van der Waals surface area contributed by atoms with Crippen LogP contribution in [-0.4, -0.2) is 37.2 Å². The zero-order valence-corrected chi connectivity index (χ0v) is 43.4. The predicted octanol–water partition coefficient (Wildman–Crippen LogP) is 18.3. The van der Waals surface area contributed by atoms with E-state index in [1.165, 1.54) is 64.2 Å². The molecule has 0 saturated heterocycles. The summed E-state index contributed by atoms with van der Waals surface area (Å²) in [4.78, 5) is 38.1. The average Bonchev–Trinajstić information content (AvgIpc) is 3.33. The lowest BCUT2D eigenvalue weighted by atomic mass is 10.1. The second-order valence-corrected chi connectivity index (χ2v) is 17.8. The standard InChI is InChI=1S/C61H100O6/c1-4-7-10-13-16-19-22-25-28-31-34-36-39-42-45-48-51-54-60(63)66-57-58(67-61(64)55-52-49-46-43-40-37-33-30-27-24-21-18-15-12-9-6-3)56-65-59(62)53-50-47-44-41-38-35-32-29-26-23-20-17-14-11-8-5-2/h14-19,23-28,32-37,58H,4-13,20-22,29-31,38-57H2,1-3H3. The second kappa shape index (κ2) is 54.7. The predicted molar refractivity (Wildman–Crippen MR) is 288 cm³/mol. The van der Waals surface area contributed by atoms with Gasteiger partial charge in [0.05, 0.1) is 0 Å². The van der Waals surface area contributed by atoms with Crippen LogP contribution in [-0.2, 0) is 28.6 Å². The Morgan fingerprint density at radius 1 is 0.299 bits per heavy atom. The lowest BCUT2D eigenvalue weighted by Crippen LogP contribution is -2.30. The molecule has 0 saturated carbocycles. The van der Waals surface area contributed by atoms with Crippen LogP contribution >= 0.6 is 0 Å². The smallest absolute Gasteiger partial charge is 0.306 e. The summed E-state index contributed by atoms with van der Waals surface area (Å²) in [7, 11) is 0. The van der Waals surface area contributed by atoms with Crippen LogP contribution in [0.1, 0.15) is 239 Å². The van der Waals surface area contributed by atoms with E-state index in [0.29, 0.717) is 12.8 Å². The number of ether oxygens (including phenoxy) is 3. The van der Waals surface area contributed by atoms with Crippen LogP contribution in [0.5, 0.6) is 0 Å². The summed E-state index contributed by atoms with van der Waals surface area (Å²) >= 11 is 0. The van der Waals surface area contributed by atoms with Crippen LogP contribution in [0, 0.1) is 0 Å². The fourth-order valence-electron chi connectivity index (χ4n) is 7.02. The number of hydrogen-bond donors (Lipinski definition) is 0. The van der Waals surface area contributed by atoms with Gasteiger partial charge in [-0.1, -0.05) is 207 Å². The first-order chi connectivity index (χ1) is 33.0. The minimum Gasteiger partial charge on any atom is -0.462 e. The molecule has 0 aliphatic heterocycles. The molecule has 6 heteroatoms. The molecule has 67 heavy (non-hydrogen) atoms. The Bertz CT molecular complexity index is 1390. The number of rotatable bonds is 48. The minimum absolute atomic E-state index is 0.108. The van der Waals surface area contributed by atoms with Crippen molar-refractivity contribution in [2.45, 2.75) is 245 Å². The van der Waals surface area contributed by atoms with Crippen LogP contribution in [0.4, 0.5) is 0 Å². The lowest BCUT2D eigenvalue weighted by Gasteiger charge is -2.18. The van der Waals surface area contributed by atoms with Crippen LogP contribution in [0.15, 0.2) is 109 Å². The van der Waals surface area contributed by atoms with E-state index in [2.05, 4.69) is 130 Å². The van der Waals surface area contributed by atoms with Crippen molar-refractivity contribution in [3.05, 3.63) is 109 Å². The Morgan fingerprint density at radius 2 is 0.552 bits per heavy atom. The molecule has 0 aromatic carbocycles. The monoisotopic (exact) mass is 929 g/mol. The van der Waals surface area contributed by atoms with E-state index in [1.807, 2.05) is 0 Å². The summed E-state index contributed by atoms with van der Waals surface area (Å²) in [5.41, 5.74) is 0. The molecule has 0 aliphatic rings. The van der Waals surface area contributed by atoms with Crippen LogP contribution < -0.4 is 0 Å². The van der Waals surface area contributed by atoms with Crippen molar-refractivity contribution in [2.75, 3.05) is 13.2 Å². The van der Waals surface area contributed by atoms with Gasteiger partial charge in [0.15, 0.2) is 6.10 Å². The summed E-state index contributed by atoms with van der Waals surface area (Å²) < 4.78 is 16.8. The molecular formula is C61H100O6. The Morgan fingerprint density at radius 3 is 0.866 bits per heavy atom. The lowest BCUT2D eigenvalue weighted by molar-refractivity contribution is -0.167. The summed E-state index contributed by atoms with van der Waals surface area (Å²) in [5.74, 6) is -0.974. The van der Waals surface area contributed by atoms with Gasteiger partial charge in [-0.2, -0.15) is 0 Å². The minimum atomic E-state index is -0.811. The fourth-order valence-corrected chi connectivity index (χ4v) is 7.02. The third-order valence-electron chi connectivity index (χ3n) is 11.2. The number of unbranched alkanes of at least 4 members (excludes halogenated alkanes) is 19. The Labute approximate surface area is 412 Å². The molecule has 0 fully saturated rings. The van der Waals surface area contributed by atoms with Gasteiger partial charge in [0.25, 0.3) is 0 Å². The summed E-state index contributed by atoms with van der Waals surface area (Å²) in [6.07, 6.45) is 73.5. The maximum Gasteiger partial charge on any atom is 0.306 e. The summed E-state index contributed by atoms with van der Waals surface area (Å²) in [6.45, 7) is 6.46. The van der Waals surface area contributed by atoms with Gasteiger partial charge in [-0.15, -0.1) is 0 Å². The number of carbonyl (C=O) groups is 3. The number of carbonyl (C=O) groups excluding carboxylic acids is 3. The van der Waals surface area contributed by atoms with Crippen molar-refractivity contribution in [3.8, 4) is 0 Å². The third-order valence-corrected chi connectivity index (χ3v) is 11.2. The first-order valence-corrected chi connectivity index (χ1v) is 27.4. The molecule has 380 valence electrons. The molecule has 1 atom stereocenters. The summed E-state index contributed by atoms with van der Waals surface area (Å²) in [5, 5.41) is 0. The van der Waals surface area contributed by atoms with Crippen molar-refractivity contribution >= 4 is 17.9 Å². The maximum absolute atomic E-state index is 12.8. The van der Waals surface area contributed by atoms with E-state index in [0.717, 1.165) is 135 Å². The van der Waals surface area contributed by atoms with E-state index in [9.17, 15) is 14.4 Å². The number of allylic oxidation sites excluding steroid dienone is 18. The molecule has 0 spiro atoms. The van der Waals surface area contributed by atoms with Crippen LogP contribution in [0.3, 0.4) is 0 Å². The maximum atomic E-state index is 12.8. The quantitative estimate of drug-likeness (QED) is 0.0262. The molecule has 1 unspecified atom stereocenters. The topological polar surface area (TPSA) is 78.9 Å². The molecule has 0 heterocycles. The zero-order valence-electron chi connectivity index (χ0n) is 43.4. The van der Waals surface area contributed by atoms with Gasteiger partial charge < -0.3 is 14.2 Å². The Kier molecular flexibility index (Phi) is 51.5. The van der Waals surface area contributed by atoms with Gasteiger partial charge in [0.1, 0.15) is 13.2 Å². The van der Waals surface area contributed by atoms with E-state index in [1.54, 1.807) is 0 Å². The largest absolute Gasteiger partial charge is 0.462 e. The first-order valence-electron chi connectivity index (χ1n) is 27.4. The van der Waals surface area contributed by atoms with Crippen molar-refractivity contribution in [1.29, 1.82) is 0 Å². The third kappa shape index (κ3) is 52.9. The molecule has 0 rings (SSSR count). The van der Waals surface area contributed by atoms with Gasteiger partial charge in [0, 0.05) is 19.3 Å². The van der Waals surface area contributed by atoms with Crippen LogP contribution in [0.25, 0.3) is 0 Å². The zero-order chi connectivity index (χ0) is 48.6. The molecular weight excluding hydrogens is 829 g/mol.